The van der Waals surface area contributed by atoms with Crippen LogP contribution in [0.25, 0.3) is 0 Å². The van der Waals surface area contributed by atoms with Crippen LogP contribution in [0, 0.1) is 0 Å². The van der Waals surface area contributed by atoms with Crippen molar-refractivity contribution in [2.45, 2.75) is 26.8 Å². The van der Waals surface area contributed by atoms with E-state index in [-0.39, 0.29) is 0 Å². The fourth-order valence-corrected chi connectivity index (χ4v) is 2.26. The number of hydrogen-bond acceptors (Lipinski definition) is 4. The molecule has 0 aliphatic rings. The first-order valence-electron chi connectivity index (χ1n) is 6.80. The fraction of sp³-hybridized carbons (Fsp3) is 0.333. The highest BCUT2D eigenvalue weighted by molar-refractivity contribution is 6.30. The van der Waals surface area contributed by atoms with Crippen molar-refractivity contribution in [1.29, 1.82) is 0 Å². The predicted molar refractivity (Wildman–Crippen MR) is 84.4 cm³/mol. The Hall–Kier alpha value is -1.81. The summed E-state index contributed by atoms with van der Waals surface area (Å²) < 4.78 is 0. The van der Waals surface area contributed by atoms with Crippen LogP contribution in [0.5, 0.6) is 0 Å². The molecule has 0 atom stereocenters. The lowest BCUT2D eigenvalue weighted by Crippen LogP contribution is -2.09. The van der Waals surface area contributed by atoms with E-state index in [1.807, 2.05) is 24.3 Å². The normalized spacial score (nSPS) is 10.3. The summed E-state index contributed by atoms with van der Waals surface area (Å²) in [5.74, 6) is 1.78. The summed E-state index contributed by atoms with van der Waals surface area (Å²) in [7, 11) is 0. The summed E-state index contributed by atoms with van der Waals surface area (Å²) in [5.41, 5.74) is 2.24. The van der Waals surface area contributed by atoms with E-state index >= 15 is 0 Å². The number of benzene rings is 1. The van der Waals surface area contributed by atoms with Crippen LogP contribution in [-0.2, 0) is 13.0 Å². The third kappa shape index (κ3) is 3.61. The first-order chi connectivity index (χ1) is 9.74. The molecule has 0 spiro atoms. The minimum Gasteiger partial charge on any atom is -0.370 e. The summed E-state index contributed by atoms with van der Waals surface area (Å²) in [6, 6.07) is 7.81. The molecular formula is C15H19ClN4. The van der Waals surface area contributed by atoms with E-state index in [0.717, 1.165) is 40.8 Å². The monoisotopic (exact) mass is 290 g/mol. The van der Waals surface area contributed by atoms with Gasteiger partial charge < -0.3 is 10.6 Å². The van der Waals surface area contributed by atoms with Gasteiger partial charge in [-0.3, -0.25) is 0 Å². The number of nitrogens with zero attached hydrogens (tertiary/aromatic N) is 2. The Bertz CT molecular complexity index is 572. The van der Waals surface area contributed by atoms with Crippen molar-refractivity contribution in [3.63, 3.8) is 0 Å². The molecule has 0 unspecified atom stereocenters. The van der Waals surface area contributed by atoms with E-state index in [9.17, 15) is 0 Å². The number of halogens is 1. The number of anilines is 2. The van der Waals surface area contributed by atoms with Crippen LogP contribution in [0.2, 0.25) is 5.02 Å². The molecule has 0 saturated carbocycles. The van der Waals surface area contributed by atoms with Gasteiger partial charge >= 0.3 is 0 Å². The average molecular weight is 291 g/mol. The van der Waals surface area contributed by atoms with Crippen LogP contribution in [0.15, 0.2) is 30.6 Å². The van der Waals surface area contributed by atoms with Gasteiger partial charge in [0.15, 0.2) is 0 Å². The second-order valence-corrected chi connectivity index (χ2v) is 4.85. The molecule has 20 heavy (non-hydrogen) atoms. The maximum Gasteiger partial charge on any atom is 0.134 e. The first kappa shape index (κ1) is 14.6. The van der Waals surface area contributed by atoms with Gasteiger partial charge in [-0.1, -0.05) is 30.7 Å². The maximum atomic E-state index is 5.99. The molecule has 1 aromatic heterocycles. The van der Waals surface area contributed by atoms with Gasteiger partial charge in [-0.15, -0.1) is 0 Å². The van der Waals surface area contributed by atoms with E-state index in [1.54, 1.807) is 6.33 Å². The summed E-state index contributed by atoms with van der Waals surface area (Å²) in [6.07, 6.45) is 2.46. The van der Waals surface area contributed by atoms with E-state index in [2.05, 4.69) is 34.4 Å². The molecule has 2 rings (SSSR count). The fourth-order valence-electron chi connectivity index (χ4n) is 2.05. The second kappa shape index (κ2) is 7.10. The standard InChI is InChI=1S/C15H19ClN4/c1-3-13-14(17-4-2)19-10-20-15(13)18-9-11-6-5-7-12(16)8-11/h5-8,10H,3-4,9H2,1-2H3,(H2,17,18,19,20). The van der Waals surface area contributed by atoms with Crippen molar-refractivity contribution < 1.29 is 0 Å². The van der Waals surface area contributed by atoms with Gasteiger partial charge in [0.25, 0.3) is 0 Å². The Kier molecular flexibility index (Phi) is 5.18. The van der Waals surface area contributed by atoms with Crippen molar-refractivity contribution in [3.05, 3.63) is 46.7 Å². The van der Waals surface area contributed by atoms with Crippen LogP contribution < -0.4 is 10.6 Å². The van der Waals surface area contributed by atoms with E-state index in [4.69, 9.17) is 11.6 Å². The topological polar surface area (TPSA) is 49.8 Å². The van der Waals surface area contributed by atoms with Gasteiger partial charge in [-0.25, -0.2) is 9.97 Å². The Morgan fingerprint density at radius 3 is 2.50 bits per heavy atom. The molecule has 0 aliphatic heterocycles. The van der Waals surface area contributed by atoms with Crippen molar-refractivity contribution in [2.24, 2.45) is 0 Å². The summed E-state index contributed by atoms with van der Waals surface area (Å²) in [6.45, 7) is 5.69. The molecule has 5 heteroatoms. The van der Waals surface area contributed by atoms with Gasteiger partial charge in [-0.2, -0.15) is 0 Å². The number of hydrogen-bond donors (Lipinski definition) is 2. The van der Waals surface area contributed by atoms with Gasteiger partial charge in [0.2, 0.25) is 0 Å². The molecule has 1 aromatic carbocycles. The zero-order chi connectivity index (χ0) is 14.4. The first-order valence-corrected chi connectivity index (χ1v) is 7.18. The minimum absolute atomic E-state index is 0.691. The highest BCUT2D eigenvalue weighted by Gasteiger charge is 2.08. The predicted octanol–water partition coefficient (Wildman–Crippen LogP) is 3.74. The molecule has 0 aliphatic carbocycles. The second-order valence-electron chi connectivity index (χ2n) is 4.42. The van der Waals surface area contributed by atoms with Crippen molar-refractivity contribution >= 4 is 23.2 Å². The minimum atomic E-state index is 0.691. The van der Waals surface area contributed by atoms with Crippen molar-refractivity contribution in [2.75, 3.05) is 17.2 Å². The summed E-state index contributed by atoms with van der Waals surface area (Å²) in [5, 5.41) is 7.37. The molecular weight excluding hydrogens is 272 g/mol. The lowest BCUT2D eigenvalue weighted by Gasteiger charge is -2.13. The van der Waals surface area contributed by atoms with Crippen molar-refractivity contribution in [1.82, 2.24) is 9.97 Å². The SMILES string of the molecule is CCNc1ncnc(NCc2cccc(Cl)c2)c1CC. The highest BCUT2D eigenvalue weighted by Crippen LogP contribution is 2.21. The van der Waals surface area contributed by atoms with Crippen molar-refractivity contribution in [3.8, 4) is 0 Å². The number of aromatic nitrogens is 2. The third-order valence-electron chi connectivity index (χ3n) is 2.99. The quantitative estimate of drug-likeness (QED) is 0.851. The molecule has 0 amide bonds. The lowest BCUT2D eigenvalue weighted by molar-refractivity contribution is 1.000. The molecule has 2 N–H and O–H groups in total. The van der Waals surface area contributed by atoms with Gasteiger partial charge in [0.1, 0.15) is 18.0 Å². The lowest BCUT2D eigenvalue weighted by atomic mass is 10.2. The zero-order valence-corrected chi connectivity index (χ0v) is 12.5. The molecule has 4 nitrogen and oxygen atoms in total. The zero-order valence-electron chi connectivity index (χ0n) is 11.8. The van der Waals surface area contributed by atoms with Gasteiger partial charge in [-0.05, 0) is 31.0 Å². The van der Waals surface area contributed by atoms with Crippen LogP contribution in [0.1, 0.15) is 25.0 Å². The Morgan fingerprint density at radius 1 is 1.10 bits per heavy atom. The molecule has 0 saturated heterocycles. The third-order valence-corrected chi connectivity index (χ3v) is 3.23. The van der Waals surface area contributed by atoms with E-state index in [0.29, 0.717) is 6.54 Å². The average Bonchev–Trinajstić information content (AvgIpc) is 2.45. The van der Waals surface area contributed by atoms with Crippen LogP contribution in [0.4, 0.5) is 11.6 Å². The molecule has 0 fully saturated rings. The number of rotatable bonds is 6. The highest BCUT2D eigenvalue weighted by atomic mass is 35.5. The van der Waals surface area contributed by atoms with Crippen LogP contribution in [-0.4, -0.2) is 16.5 Å². The maximum absolute atomic E-state index is 5.99. The Balaban J connectivity index is 2.14. The smallest absolute Gasteiger partial charge is 0.134 e. The molecule has 2 aromatic rings. The van der Waals surface area contributed by atoms with Gasteiger partial charge in [0, 0.05) is 23.7 Å². The molecule has 106 valence electrons. The largest absolute Gasteiger partial charge is 0.370 e. The van der Waals surface area contributed by atoms with Gasteiger partial charge in [0.05, 0.1) is 0 Å². The van der Waals surface area contributed by atoms with Crippen LogP contribution in [0.3, 0.4) is 0 Å². The van der Waals surface area contributed by atoms with Crippen LogP contribution >= 0.6 is 11.6 Å². The van der Waals surface area contributed by atoms with E-state index in [1.165, 1.54) is 0 Å². The van der Waals surface area contributed by atoms with E-state index < -0.39 is 0 Å². The number of nitrogens with one attached hydrogen (secondary N) is 2. The Labute approximate surface area is 124 Å². The molecule has 0 bridgehead atoms. The molecule has 1 heterocycles. The molecule has 0 radical (unpaired) electrons. The summed E-state index contributed by atoms with van der Waals surface area (Å²) in [4.78, 5) is 8.62. The Morgan fingerprint density at radius 2 is 1.85 bits per heavy atom. The summed E-state index contributed by atoms with van der Waals surface area (Å²) >= 11 is 5.99.